The SMILES string of the molecule is Cc1cc2c(nc1C)C(C)(C)CN2c1ncnc(Nc2cc([N+](=O)[O-])c(N(C)CCN(C)C)cc2OC(C)C)n1. The number of anilines is 5. The van der Waals surface area contributed by atoms with Crippen LogP contribution in [0.25, 0.3) is 0 Å². The van der Waals surface area contributed by atoms with E-state index in [1.54, 1.807) is 6.07 Å². The maximum atomic E-state index is 12.1. The molecule has 2 aromatic heterocycles. The molecule has 0 amide bonds. The summed E-state index contributed by atoms with van der Waals surface area (Å²) in [6.45, 7) is 14.2. The fourth-order valence-corrected chi connectivity index (χ4v) is 4.66. The number of hydrogen-bond acceptors (Lipinski definition) is 11. The molecule has 0 spiro atoms. The van der Waals surface area contributed by atoms with Crippen molar-refractivity contribution in [1.82, 2.24) is 24.8 Å². The Morgan fingerprint density at radius 3 is 2.50 bits per heavy atom. The van der Waals surface area contributed by atoms with Crippen LogP contribution in [0.2, 0.25) is 0 Å². The Balaban J connectivity index is 1.72. The molecule has 1 N–H and O–H groups in total. The summed E-state index contributed by atoms with van der Waals surface area (Å²) in [5.74, 6) is 1.19. The van der Waals surface area contributed by atoms with Crippen molar-refractivity contribution in [2.75, 3.05) is 55.9 Å². The van der Waals surface area contributed by atoms with Gasteiger partial charge in [0.25, 0.3) is 5.69 Å². The van der Waals surface area contributed by atoms with Gasteiger partial charge >= 0.3 is 0 Å². The molecule has 3 aromatic rings. The molecule has 0 radical (unpaired) electrons. The van der Waals surface area contributed by atoms with Gasteiger partial charge in [0, 0.05) is 49.9 Å². The standard InChI is InChI=1S/C28H39N9O3/c1-17(2)40-24-14-21(35(9)11-10-34(7)8)22(37(38)39)13-20(24)32-26-29-16-30-27(33-26)36-15-28(5,6)25-23(36)12-18(3)19(4)31-25/h12-14,16-17H,10-11,15H2,1-9H3,(H,29,30,32,33). The Bertz CT molecular complexity index is 1410. The molecule has 0 unspecified atom stereocenters. The highest BCUT2D eigenvalue weighted by molar-refractivity contribution is 5.77. The molecule has 0 saturated heterocycles. The first-order valence-electron chi connectivity index (χ1n) is 13.3. The fraction of sp³-hybridized carbons (Fsp3) is 0.500. The highest BCUT2D eigenvalue weighted by atomic mass is 16.6. The number of rotatable bonds is 10. The van der Waals surface area contributed by atoms with Crippen LogP contribution in [-0.4, -0.2) is 76.6 Å². The second kappa shape index (κ2) is 11.2. The van der Waals surface area contributed by atoms with Gasteiger partial charge in [-0.25, -0.2) is 9.97 Å². The summed E-state index contributed by atoms with van der Waals surface area (Å²) in [4.78, 5) is 36.0. The van der Waals surface area contributed by atoms with Crippen LogP contribution >= 0.6 is 0 Å². The van der Waals surface area contributed by atoms with E-state index in [4.69, 9.17) is 14.7 Å². The Hall–Kier alpha value is -4.06. The number of likely N-dealkylation sites (N-methyl/N-ethyl adjacent to an activating group) is 2. The molecule has 0 aliphatic carbocycles. The van der Waals surface area contributed by atoms with Gasteiger partial charge in [-0.15, -0.1) is 0 Å². The zero-order chi connectivity index (χ0) is 29.4. The van der Waals surface area contributed by atoms with E-state index in [0.717, 1.165) is 29.2 Å². The minimum absolute atomic E-state index is 0.0405. The van der Waals surface area contributed by atoms with Crippen molar-refractivity contribution in [3.8, 4) is 5.75 Å². The number of nitro groups is 1. The maximum absolute atomic E-state index is 12.1. The normalized spacial score (nSPS) is 14.0. The average Bonchev–Trinajstić information content (AvgIpc) is 3.13. The maximum Gasteiger partial charge on any atom is 0.294 e. The van der Waals surface area contributed by atoms with Gasteiger partial charge < -0.3 is 24.8 Å². The fourth-order valence-electron chi connectivity index (χ4n) is 4.66. The van der Waals surface area contributed by atoms with Crippen molar-refractivity contribution in [3.63, 3.8) is 0 Å². The van der Waals surface area contributed by atoms with Crippen LogP contribution in [0.4, 0.5) is 34.6 Å². The van der Waals surface area contributed by atoms with E-state index in [9.17, 15) is 10.1 Å². The lowest BCUT2D eigenvalue weighted by atomic mass is 9.91. The number of nitrogens with zero attached hydrogens (tertiary/aromatic N) is 8. The lowest BCUT2D eigenvalue weighted by molar-refractivity contribution is -0.384. The van der Waals surface area contributed by atoms with Crippen molar-refractivity contribution in [3.05, 3.63) is 51.6 Å². The molecular formula is C28H39N9O3. The van der Waals surface area contributed by atoms with E-state index < -0.39 is 0 Å². The molecule has 0 bridgehead atoms. The molecule has 4 rings (SSSR count). The zero-order valence-electron chi connectivity index (χ0n) is 24.8. The topological polar surface area (TPSA) is 126 Å². The van der Waals surface area contributed by atoms with Crippen molar-refractivity contribution >= 4 is 34.6 Å². The molecule has 214 valence electrons. The van der Waals surface area contributed by atoms with Crippen LogP contribution < -0.4 is 19.9 Å². The van der Waals surface area contributed by atoms with Crippen molar-refractivity contribution < 1.29 is 9.66 Å². The van der Waals surface area contributed by atoms with Crippen LogP contribution in [0.3, 0.4) is 0 Å². The Morgan fingerprint density at radius 2 is 1.85 bits per heavy atom. The van der Waals surface area contributed by atoms with E-state index in [1.807, 2.05) is 63.5 Å². The molecule has 0 saturated carbocycles. The number of ether oxygens (including phenoxy) is 1. The van der Waals surface area contributed by atoms with Crippen molar-refractivity contribution in [2.24, 2.45) is 0 Å². The molecule has 40 heavy (non-hydrogen) atoms. The van der Waals surface area contributed by atoms with Crippen LogP contribution in [-0.2, 0) is 5.41 Å². The number of pyridine rings is 1. The summed E-state index contributed by atoms with van der Waals surface area (Å²) in [5.41, 5.74) is 4.70. The Labute approximate surface area is 235 Å². The van der Waals surface area contributed by atoms with Gasteiger partial charge in [0.1, 0.15) is 17.8 Å². The highest BCUT2D eigenvalue weighted by Gasteiger charge is 2.39. The van der Waals surface area contributed by atoms with Crippen molar-refractivity contribution in [2.45, 2.75) is 53.1 Å². The summed E-state index contributed by atoms with van der Waals surface area (Å²) in [5, 5.41) is 15.3. The molecular weight excluding hydrogens is 510 g/mol. The van der Waals surface area contributed by atoms with Gasteiger partial charge in [0.2, 0.25) is 11.9 Å². The van der Waals surface area contributed by atoms with Crippen molar-refractivity contribution in [1.29, 1.82) is 0 Å². The lowest BCUT2D eigenvalue weighted by Crippen LogP contribution is -2.29. The van der Waals surface area contributed by atoms with Gasteiger partial charge in [0.05, 0.1) is 28.1 Å². The first-order valence-corrected chi connectivity index (χ1v) is 13.3. The summed E-state index contributed by atoms with van der Waals surface area (Å²) >= 11 is 0. The molecule has 12 heteroatoms. The molecule has 12 nitrogen and oxygen atoms in total. The number of fused-ring (bicyclic) bond motifs is 1. The minimum Gasteiger partial charge on any atom is -0.489 e. The second-order valence-electron chi connectivity index (χ2n) is 11.4. The smallest absolute Gasteiger partial charge is 0.294 e. The van der Waals surface area contributed by atoms with Crippen LogP contribution in [0, 0.1) is 24.0 Å². The zero-order valence-corrected chi connectivity index (χ0v) is 24.8. The predicted molar refractivity (Wildman–Crippen MR) is 158 cm³/mol. The molecule has 0 fully saturated rings. The van der Waals surface area contributed by atoms with E-state index in [2.05, 4.69) is 35.2 Å². The van der Waals surface area contributed by atoms with Gasteiger partial charge in [-0.3, -0.25) is 15.1 Å². The third kappa shape index (κ3) is 6.06. The molecule has 0 atom stereocenters. The first-order chi connectivity index (χ1) is 18.8. The lowest BCUT2D eigenvalue weighted by Gasteiger charge is -2.24. The average molecular weight is 550 g/mol. The molecule has 1 aliphatic rings. The largest absolute Gasteiger partial charge is 0.489 e. The molecule has 1 aliphatic heterocycles. The Kier molecular flexibility index (Phi) is 8.10. The molecule has 3 heterocycles. The van der Waals surface area contributed by atoms with Crippen LogP contribution in [0.5, 0.6) is 5.75 Å². The Morgan fingerprint density at radius 1 is 1.12 bits per heavy atom. The minimum atomic E-state index is -0.384. The number of benzene rings is 1. The number of aryl methyl sites for hydroxylation is 2. The third-order valence-electron chi connectivity index (χ3n) is 6.91. The quantitative estimate of drug-likeness (QED) is 0.278. The predicted octanol–water partition coefficient (Wildman–Crippen LogP) is 4.75. The van der Waals surface area contributed by atoms with E-state index >= 15 is 0 Å². The molecule has 1 aromatic carbocycles. The summed E-state index contributed by atoms with van der Waals surface area (Å²) in [7, 11) is 5.77. The van der Waals surface area contributed by atoms with E-state index in [0.29, 0.717) is 36.2 Å². The van der Waals surface area contributed by atoms with E-state index in [-0.39, 0.29) is 28.1 Å². The van der Waals surface area contributed by atoms with Gasteiger partial charge in [-0.1, -0.05) is 13.8 Å². The summed E-state index contributed by atoms with van der Waals surface area (Å²) in [6.07, 6.45) is 1.28. The number of nitro benzene ring substituents is 1. The first kappa shape index (κ1) is 28.9. The van der Waals surface area contributed by atoms with Gasteiger partial charge in [0.15, 0.2) is 0 Å². The number of nitrogens with one attached hydrogen (secondary N) is 1. The summed E-state index contributed by atoms with van der Waals surface area (Å²) in [6, 6.07) is 5.30. The van der Waals surface area contributed by atoms with Crippen LogP contribution in [0.15, 0.2) is 24.5 Å². The monoisotopic (exact) mass is 549 g/mol. The third-order valence-corrected chi connectivity index (χ3v) is 6.91. The van der Waals surface area contributed by atoms with Crippen LogP contribution in [0.1, 0.15) is 44.6 Å². The van der Waals surface area contributed by atoms with Gasteiger partial charge in [-0.2, -0.15) is 4.98 Å². The van der Waals surface area contributed by atoms with Gasteiger partial charge in [-0.05, 0) is 53.4 Å². The number of aromatic nitrogens is 4. The van der Waals surface area contributed by atoms with E-state index in [1.165, 1.54) is 12.4 Å². The number of hydrogen-bond donors (Lipinski definition) is 1. The summed E-state index contributed by atoms with van der Waals surface area (Å²) < 4.78 is 6.08. The second-order valence-corrected chi connectivity index (χ2v) is 11.4. The highest BCUT2D eigenvalue weighted by Crippen LogP contribution is 2.43.